The van der Waals surface area contributed by atoms with Crippen LogP contribution in [0.2, 0.25) is 0 Å². The summed E-state index contributed by atoms with van der Waals surface area (Å²) < 4.78 is 26.0. The second-order valence-corrected chi connectivity index (χ2v) is 6.50. The average Bonchev–Trinajstić information content (AvgIpc) is 2.64. The number of nitrogens with zero attached hydrogens (tertiary/aromatic N) is 1. The largest absolute Gasteiger partial charge is 0.464 e. The molecule has 18 heavy (non-hydrogen) atoms. The number of anilines is 1. The summed E-state index contributed by atoms with van der Waals surface area (Å²) in [7, 11) is -2.14. The molecule has 0 bridgehead atoms. The van der Waals surface area contributed by atoms with Gasteiger partial charge in [0.05, 0.1) is 12.9 Å². The van der Waals surface area contributed by atoms with Crippen LogP contribution in [0.3, 0.4) is 0 Å². The second kappa shape index (κ2) is 6.12. The van der Waals surface area contributed by atoms with E-state index in [1.54, 1.807) is 6.92 Å². The number of methoxy groups -OCH3 is 1. The van der Waals surface area contributed by atoms with E-state index >= 15 is 0 Å². The molecular weight excluding hydrogens is 278 g/mol. The molecule has 0 aromatic carbocycles. The number of ether oxygens (including phenoxy) is 1. The second-order valence-electron chi connectivity index (χ2n) is 3.56. The Morgan fingerprint density at radius 1 is 1.56 bits per heavy atom. The van der Waals surface area contributed by atoms with Crippen molar-refractivity contribution in [3.63, 3.8) is 0 Å². The molecule has 0 amide bonds. The zero-order chi connectivity index (χ0) is 13.8. The minimum atomic E-state index is -3.43. The number of nitrogens with two attached hydrogens (primary N) is 1. The third kappa shape index (κ3) is 4.59. The average molecular weight is 293 g/mol. The van der Waals surface area contributed by atoms with Crippen molar-refractivity contribution in [2.45, 2.75) is 13.3 Å². The van der Waals surface area contributed by atoms with E-state index in [9.17, 15) is 13.2 Å². The van der Waals surface area contributed by atoms with E-state index in [-0.39, 0.29) is 11.4 Å². The number of primary sulfonamides is 1. The van der Waals surface area contributed by atoms with Crippen LogP contribution in [0.1, 0.15) is 21.8 Å². The topological polar surface area (TPSA) is 111 Å². The Balaban J connectivity index is 2.51. The summed E-state index contributed by atoms with van der Waals surface area (Å²) in [6.45, 7) is 2.18. The van der Waals surface area contributed by atoms with Gasteiger partial charge in [-0.3, -0.25) is 0 Å². The summed E-state index contributed by atoms with van der Waals surface area (Å²) in [4.78, 5) is 16.1. The van der Waals surface area contributed by atoms with Crippen LogP contribution < -0.4 is 10.5 Å². The summed E-state index contributed by atoms with van der Waals surface area (Å²) >= 11 is 1.31. The SMILES string of the molecule is COC(=O)c1nc(NCCCS(N)(=O)=O)sc1C. The van der Waals surface area contributed by atoms with E-state index in [0.29, 0.717) is 18.1 Å². The Bertz CT molecular complexity index is 524. The zero-order valence-corrected chi connectivity index (χ0v) is 11.7. The summed E-state index contributed by atoms with van der Waals surface area (Å²) in [5.41, 5.74) is 0.274. The van der Waals surface area contributed by atoms with Crippen molar-refractivity contribution in [3.8, 4) is 0 Å². The number of esters is 1. The lowest BCUT2D eigenvalue weighted by atomic mass is 10.4. The Kier molecular flexibility index (Phi) is 5.05. The molecule has 0 radical (unpaired) electrons. The molecule has 0 unspecified atom stereocenters. The molecule has 9 heteroatoms. The molecular formula is C9H15N3O4S2. The minimum Gasteiger partial charge on any atom is -0.464 e. The third-order valence-electron chi connectivity index (χ3n) is 2.06. The molecule has 102 valence electrons. The van der Waals surface area contributed by atoms with Gasteiger partial charge in [-0.15, -0.1) is 11.3 Å². The number of hydrogen-bond donors (Lipinski definition) is 2. The van der Waals surface area contributed by atoms with Crippen molar-refractivity contribution >= 4 is 32.5 Å². The molecule has 3 N–H and O–H groups in total. The number of thiazole rings is 1. The lowest BCUT2D eigenvalue weighted by Gasteiger charge is -2.00. The van der Waals surface area contributed by atoms with Gasteiger partial charge in [-0.1, -0.05) is 0 Å². The molecule has 0 saturated carbocycles. The summed E-state index contributed by atoms with van der Waals surface area (Å²) in [5.74, 6) is -0.574. The molecule has 1 heterocycles. The van der Waals surface area contributed by atoms with Gasteiger partial charge < -0.3 is 10.1 Å². The number of hydrogen-bond acceptors (Lipinski definition) is 7. The molecule has 0 atom stereocenters. The highest BCUT2D eigenvalue weighted by Crippen LogP contribution is 2.22. The molecule has 1 aromatic rings. The first-order valence-corrected chi connectivity index (χ1v) is 7.67. The number of nitrogens with one attached hydrogen (secondary N) is 1. The fourth-order valence-corrected chi connectivity index (χ4v) is 2.60. The first kappa shape index (κ1) is 14.9. The maximum atomic E-state index is 11.3. The highest BCUT2D eigenvalue weighted by atomic mass is 32.2. The molecule has 0 aliphatic rings. The van der Waals surface area contributed by atoms with Crippen LogP contribution in [0.25, 0.3) is 0 Å². The Morgan fingerprint density at radius 2 is 2.22 bits per heavy atom. The fourth-order valence-electron chi connectivity index (χ4n) is 1.23. The highest BCUT2D eigenvalue weighted by molar-refractivity contribution is 7.89. The minimum absolute atomic E-state index is 0.0891. The van der Waals surface area contributed by atoms with Crippen molar-refractivity contribution < 1.29 is 17.9 Å². The van der Waals surface area contributed by atoms with Gasteiger partial charge in [0.1, 0.15) is 0 Å². The molecule has 0 saturated heterocycles. The van der Waals surface area contributed by atoms with Crippen molar-refractivity contribution in [2.24, 2.45) is 5.14 Å². The molecule has 0 aliphatic carbocycles. The van der Waals surface area contributed by atoms with Crippen LogP contribution in [-0.2, 0) is 14.8 Å². The van der Waals surface area contributed by atoms with Gasteiger partial charge in [-0.2, -0.15) is 0 Å². The normalized spacial score (nSPS) is 11.3. The van der Waals surface area contributed by atoms with Gasteiger partial charge in [0, 0.05) is 11.4 Å². The van der Waals surface area contributed by atoms with Crippen LogP contribution in [0, 0.1) is 6.92 Å². The molecule has 1 rings (SSSR count). The number of rotatable bonds is 6. The van der Waals surface area contributed by atoms with Crippen LogP contribution in [0.5, 0.6) is 0 Å². The predicted octanol–water partition coefficient (Wildman–Crippen LogP) is 0.329. The van der Waals surface area contributed by atoms with E-state index in [4.69, 9.17) is 5.14 Å². The van der Waals surface area contributed by atoms with Crippen LogP contribution in [0.15, 0.2) is 0 Å². The predicted molar refractivity (Wildman–Crippen MR) is 69.3 cm³/mol. The first-order chi connectivity index (χ1) is 8.33. The Labute approximate surface area is 109 Å². The van der Waals surface area contributed by atoms with E-state index in [2.05, 4.69) is 15.0 Å². The maximum Gasteiger partial charge on any atom is 0.357 e. The number of sulfonamides is 1. The Hall–Kier alpha value is -1.19. The van der Waals surface area contributed by atoms with E-state index in [0.717, 1.165) is 4.88 Å². The molecule has 0 aliphatic heterocycles. The monoisotopic (exact) mass is 293 g/mol. The summed E-state index contributed by atoms with van der Waals surface area (Å²) in [6.07, 6.45) is 0.380. The molecule has 0 spiro atoms. The van der Waals surface area contributed by atoms with Crippen LogP contribution in [0.4, 0.5) is 5.13 Å². The number of carbonyl (C=O) groups is 1. The fraction of sp³-hybridized carbons (Fsp3) is 0.556. The van der Waals surface area contributed by atoms with Gasteiger partial charge in [0.2, 0.25) is 10.0 Å². The van der Waals surface area contributed by atoms with Crippen molar-refractivity contribution in [1.29, 1.82) is 0 Å². The first-order valence-electron chi connectivity index (χ1n) is 5.13. The van der Waals surface area contributed by atoms with Gasteiger partial charge in [-0.25, -0.2) is 23.3 Å². The van der Waals surface area contributed by atoms with Gasteiger partial charge >= 0.3 is 5.97 Å². The molecule has 1 aromatic heterocycles. The van der Waals surface area contributed by atoms with Gasteiger partial charge in [0.15, 0.2) is 10.8 Å². The molecule has 7 nitrogen and oxygen atoms in total. The van der Waals surface area contributed by atoms with Crippen molar-refractivity contribution in [1.82, 2.24) is 4.98 Å². The quantitative estimate of drug-likeness (QED) is 0.577. The van der Waals surface area contributed by atoms with Gasteiger partial charge in [0.25, 0.3) is 0 Å². The maximum absolute atomic E-state index is 11.3. The number of carbonyl (C=O) groups excluding carboxylic acids is 1. The van der Waals surface area contributed by atoms with E-state index < -0.39 is 16.0 Å². The lowest BCUT2D eigenvalue weighted by molar-refractivity contribution is 0.0594. The smallest absolute Gasteiger partial charge is 0.357 e. The highest BCUT2D eigenvalue weighted by Gasteiger charge is 2.15. The van der Waals surface area contributed by atoms with Crippen LogP contribution >= 0.6 is 11.3 Å². The third-order valence-corrected chi connectivity index (χ3v) is 3.84. The molecule has 0 fully saturated rings. The summed E-state index contributed by atoms with van der Waals surface area (Å²) in [6, 6.07) is 0. The summed E-state index contributed by atoms with van der Waals surface area (Å²) in [5, 5.41) is 8.37. The van der Waals surface area contributed by atoms with E-state index in [1.807, 2.05) is 0 Å². The van der Waals surface area contributed by atoms with Crippen molar-refractivity contribution in [2.75, 3.05) is 24.7 Å². The lowest BCUT2D eigenvalue weighted by Crippen LogP contribution is -2.18. The van der Waals surface area contributed by atoms with Gasteiger partial charge in [-0.05, 0) is 13.3 Å². The van der Waals surface area contributed by atoms with E-state index in [1.165, 1.54) is 18.4 Å². The number of aryl methyl sites for hydroxylation is 1. The standard InChI is InChI=1S/C9H15N3O4S2/c1-6-7(8(13)16-2)12-9(17-6)11-4-3-5-18(10,14)15/h3-5H2,1-2H3,(H,11,12)(H2,10,14,15). The zero-order valence-electron chi connectivity index (χ0n) is 10.1. The number of aromatic nitrogens is 1. The van der Waals surface area contributed by atoms with Crippen molar-refractivity contribution in [3.05, 3.63) is 10.6 Å². The Morgan fingerprint density at radius 3 is 2.78 bits per heavy atom. The van der Waals surface area contributed by atoms with Crippen LogP contribution in [-0.4, -0.2) is 38.8 Å².